The lowest BCUT2D eigenvalue weighted by molar-refractivity contribution is -0.129. The molecule has 0 unspecified atom stereocenters. The number of amides is 1. The Morgan fingerprint density at radius 3 is 2.06 bits per heavy atom. The summed E-state index contributed by atoms with van der Waals surface area (Å²) < 4.78 is 0. The average Bonchev–Trinajstić information content (AvgIpc) is 3.23. The molecule has 1 aliphatic carbocycles. The van der Waals surface area contributed by atoms with E-state index < -0.39 is 0 Å². The van der Waals surface area contributed by atoms with E-state index in [0.717, 1.165) is 61.5 Å². The number of hydrogen-bond acceptors (Lipinski definition) is 4. The van der Waals surface area contributed by atoms with Gasteiger partial charge in [-0.1, -0.05) is 51.8 Å². The van der Waals surface area contributed by atoms with E-state index in [1.807, 2.05) is 23.1 Å². The Bertz CT molecular complexity index is 810. The van der Waals surface area contributed by atoms with Crippen molar-refractivity contribution in [3.8, 4) is 0 Å². The molecular formula is C27H44ClN3O2. The molecule has 0 aromatic heterocycles. The van der Waals surface area contributed by atoms with Crippen LogP contribution in [-0.2, 0) is 9.59 Å². The minimum absolute atomic E-state index is 0.0545. The molecule has 0 aliphatic heterocycles. The van der Waals surface area contributed by atoms with Crippen LogP contribution in [0.15, 0.2) is 34.5 Å². The van der Waals surface area contributed by atoms with E-state index in [1.54, 1.807) is 0 Å². The summed E-state index contributed by atoms with van der Waals surface area (Å²) in [4.78, 5) is 29.9. The monoisotopic (exact) mass is 477 g/mol. The second-order valence-electron chi connectivity index (χ2n) is 8.38. The lowest BCUT2D eigenvalue weighted by atomic mass is 10.1. The molecule has 2 N–H and O–H groups in total. The van der Waals surface area contributed by atoms with Crippen molar-refractivity contribution in [2.24, 2.45) is 10.7 Å². The molecule has 1 aliphatic rings. The average molecular weight is 478 g/mol. The first-order chi connectivity index (χ1) is 15.6. The zero-order valence-electron chi connectivity index (χ0n) is 21.8. The number of ketones is 1. The molecule has 1 saturated carbocycles. The van der Waals surface area contributed by atoms with Crippen molar-refractivity contribution >= 4 is 29.0 Å². The van der Waals surface area contributed by atoms with Crippen molar-refractivity contribution in [1.82, 2.24) is 4.90 Å². The summed E-state index contributed by atoms with van der Waals surface area (Å²) in [5, 5.41) is 0.818. The predicted octanol–water partition coefficient (Wildman–Crippen LogP) is 6.43. The van der Waals surface area contributed by atoms with E-state index in [2.05, 4.69) is 46.5 Å². The molecule has 1 aromatic carbocycles. The number of halogens is 1. The third kappa shape index (κ3) is 12.0. The Balaban J connectivity index is 0.000000701. The molecule has 2 rings (SSSR count). The predicted molar refractivity (Wildman–Crippen MR) is 142 cm³/mol. The van der Waals surface area contributed by atoms with Gasteiger partial charge in [-0.3, -0.25) is 14.6 Å². The van der Waals surface area contributed by atoms with E-state index in [4.69, 9.17) is 17.3 Å². The summed E-state index contributed by atoms with van der Waals surface area (Å²) in [6, 6.07) is 5.90. The second-order valence-corrected chi connectivity index (χ2v) is 8.82. The molecule has 1 aromatic rings. The molecule has 33 heavy (non-hydrogen) atoms. The number of aryl methyl sites for hydroxylation is 2. The van der Waals surface area contributed by atoms with Gasteiger partial charge in [-0.15, -0.1) is 0 Å². The quantitative estimate of drug-likeness (QED) is 0.459. The van der Waals surface area contributed by atoms with Crippen LogP contribution in [0.4, 0.5) is 0 Å². The zero-order chi connectivity index (χ0) is 25.4. The number of carbonyl (C=O) groups is 2. The number of nitrogens with two attached hydrogens (primary N) is 1. The fraction of sp³-hybridized carbons (Fsp3) is 0.593. The van der Waals surface area contributed by atoms with E-state index in [0.29, 0.717) is 5.70 Å². The fourth-order valence-electron chi connectivity index (χ4n) is 3.27. The van der Waals surface area contributed by atoms with Gasteiger partial charge in [-0.25, -0.2) is 0 Å². The van der Waals surface area contributed by atoms with Gasteiger partial charge < -0.3 is 10.6 Å². The minimum Gasteiger partial charge on any atom is -0.396 e. The molecule has 5 nitrogen and oxygen atoms in total. The first-order valence-corrected chi connectivity index (χ1v) is 12.5. The molecule has 0 radical (unpaired) electrons. The summed E-state index contributed by atoms with van der Waals surface area (Å²) in [5.41, 5.74) is 10.4. The number of aliphatic imine (C=N–C) groups is 1. The SMILES string of the molecule is CCC.CCCN(CCC)C(=O)CN=C1CCC/C1=C(/N)C(C)=O.Cc1ccc(Cl)cc1C. The van der Waals surface area contributed by atoms with Crippen LogP contribution in [0.25, 0.3) is 0 Å². The van der Waals surface area contributed by atoms with E-state index >= 15 is 0 Å². The molecule has 0 heterocycles. The fourth-order valence-corrected chi connectivity index (χ4v) is 3.50. The van der Waals surface area contributed by atoms with Crippen molar-refractivity contribution in [3.63, 3.8) is 0 Å². The van der Waals surface area contributed by atoms with E-state index in [-0.39, 0.29) is 18.2 Å². The standard InChI is InChI=1S/C16H27N3O2.C8H9Cl.C3H8/c1-4-9-19(10-5-2)15(21)11-18-14-8-6-7-13(14)16(17)12(3)20;1-6-3-4-8(9)5-7(6)2;1-3-2/h4-11,17H2,1-3H3;3-5H,1-2H3;3H2,1-2H3/b16-13-,18-14?;;. The van der Waals surface area contributed by atoms with Crippen molar-refractivity contribution in [3.05, 3.63) is 45.6 Å². The number of hydrogen-bond donors (Lipinski definition) is 1. The van der Waals surface area contributed by atoms with Crippen LogP contribution in [0.3, 0.4) is 0 Å². The van der Waals surface area contributed by atoms with Crippen LogP contribution >= 0.6 is 11.6 Å². The molecule has 0 bridgehead atoms. The molecule has 186 valence electrons. The molecule has 1 amide bonds. The number of benzene rings is 1. The van der Waals surface area contributed by atoms with Crippen molar-refractivity contribution < 1.29 is 9.59 Å². The highest BCUT2D eigenvalue weighted by atomic mass is 35.5. The van der Waals surface area contributed by atoms with Crippen molar-refractivity contribution in [1.29, 1.82) is 0 Å². The number of Topliss-reactive ketones (excluding diaryl/α,β-unsaturated/α-hetero) is 1. The third-order valence-electron chi connectivity index (χ3n) is 5.11. The summed E-state index contributed by atoms with van der Waals surface area (Å²) in [5.74, 6) is -0.0663. The maximum atomic E-state index is 12.2. The smallest absolute Gasteiger partial charge is 0.244 e. The van der Waals surface area contributed by atoms with Gasteiger partial charge in [0.2, 0.25) is 5.91 Å². The van der Waals surface area contributed by atoms with Crippen LogP contribution in [0.5, 0.6) is 0 Å². The van der Waals surface area contributed by atoms with Gasteiger partial charge in [0.05, 0.1) is 5.70 Å². The molecule has 0 atom stereocenters. The number of rotatable bonds is 7. The maximum Gasteiger partial charge on any atom is 0.244 e. The van der Waals surface area contributed by atoms with Crippen molar-refractivity contribution in [2.45, 2.75) is 87.0 Å². The van der Waals surface area contributed by atoms with Crippen LogP contribution in [0.2, 0.25) is 5.02 Å². The van der Waals surface area contributed by atoms with Gasteiger partial charge in [-0.05, 0) is 74.8 Å². The summed E-state index contributed by atoms with van der Waals surface area (Å²) >= 11 is 5.72. The topological polar surface area (TPSA) is 75.8 Å². The van der Waals surface area contributed by atoms with Gasteiger partial charge in [0.1, 0.15) is 6.54 Å². The summed E-state index contributed by atoms with van der Waals surface area (Å²) in [6.45, 7) is 15.7. The normalized spacial score (nSPS) is 15.2. The Kier molecular flexibility index (Phi) is 16.2. The maximum absolute atomic E-state index is 12.2. The van der Waals surface area contributed by atoms with Crippen LogP contribution in [0, 0.1) is 13.8 Å². The summed E-state index contributed by atoms with van der Waals surface area (Å²) in [6.07, 6.45) is 5.68. The number of carbonyl (C=O) groups excluding carboxylic acids is 2. The lowest BCUT2D eigenvalue weighted by Crippen LogP contribution is -2.34. The van der Waals surface area contributed by atoms with Gasteiger partial charge in [0.25, 0.3) is 0 Å². The molecular weight excluding hydrogens is 434 g/mol. The lowest BCUT2D eigenvalue weighted by Gasteiger charge is -2.20. The van der Waals surface area contributed by atoms with Gasteiger partial charge in [0, 0.05) is 30.7 Å². The molecule has 1 fully saturated rings. The van der Waals surface area contributed by atoms with Gasteiger partial charge >= 0.3 is 0 Å². The van der Waals surface area contributed by atoms with E-state index in [9.17, 15) is 9.59 Å². The van der Waals surface area contributed by atoms with Crippen LogP contribution in [0.1, 0.15) is 84.3 Å². The number of allylic oxidation sites excluding steroid dienone is 2. The largest absolute Gasteiger partial charge is 0.396 e. The Labute approximate surface area is 206 Å². The highest BCUT2D eigenvalue weighted by Crippen LogP contribution is 2.24. The van der Waals surface area contributed by atoms with E-state index in [1.165, 1.54) is 24.5 Å². The summed E-state index contributed by atoms with van der Waals surface area (Å²) in [7, 11) is 0. The zero-order valence-corrected chi connectivity index (χ0v) is 22.5. The first-order valence-electron chi connectivity index (χ1n) is 12.2. The van der Waals surface area contributed by atoms with Gasteiger partial charge in [0.15, 0.2) is 5.78 Å². The molecule has 0 saturated heterocycles. The van der Waals surface area contributed by atoms with Crippen LogP contribution in [-0.4, -0.2) is 41.9 Å². The highest BCUT2D eigenvalue weighted by molar-refractivity contribution is 6.30. The minimum atomic E-state index is -0.121. The first kappa shape index (κ1) is 30.9. The second kappa shape index (κ2) is 17.4. The Morgan fingerprint density at radius 2 is 1.61 bits per heavy atom. The Hall–Kier alpha value is -2.14. The molecule has 6 heteroatoms. The number of nitrogens with zero attached hydrogens (tertiary/aromatic N) is 2. The Morgan fingerprint density at radius 1 is 1.03 bits per heavy atom. The van der Waals surface area contributed by atoms with Crippen LogP contribution < -0.4 is 5.73 Å². The van der Waals surface area contributed by atoms with Gasteiger partial charge in [-0.2, -0.15) is 0 Å². The third-order valence-corrected chi connectivity index (χ3v) is 5.34. The molecule has 0 spiro atoms. The van der Waals surface area contributed by atoms with Crippen molar-refractivity contribution in [2.75, 3.05) is 19.6 Å². The highest BCUT2D eigenvalue weighted by Gasteiger charge is 2.21.